The predicted molar refractivity (Wildman–Crippen MR) is 121 cm³/mol. The summed E-state index contributed by atoms with van der Waals surface area (Å²) >= 11 is 6.84. The maximum absolute atomic E-state index is 12.4. The highest BCUT2D eigenvalue weighted by atomic mass is 35.5. The van der Waals surface area contributed by atoms with Gasteiger partial charge >= 0.3 is 11.9 Å². The monoisotopic (exact) mass is 475 g/mol. The fourth-order valence-corrected chi connectivity index (χ4v) is 3.64. The molecule has 1 amide bonds. The maximum atomic E-state index is 12.4. The molecule has 1 heterocycles. The first-order valence-corrected chi connectivity index (χ1v) is 10.7. The Morgan fingerprint density at radius 2 is 1.97 bits per heavy atom. The van der Waals surface area contributed by atoms with Gasteiger partial charge in [0.25, 0.3) is 0 Å². The number of carbonyl (C=O) groups excluding carboxylic acids is 2. The molecule has 1 unspecified atom stereocenters. The van der Waals surface area contributed by atoms with Gasteiger partial charge in [-0.3, -0.25) is 9.59 Å². The lowest BCUT2D eigenvalue weighted by atomic mass is 10.2. The second kappa shape index (κ2) is 10.8. The lowest BCUT2D eigenvalue weighted by molar-refractivity contribution is -0.138. The summed E-state index contributed by atoms with van der Waals surface area (Å²) in [5.74, 6) is -1.46. The fraction of sp³-hybridized carbons (Fsp3) is 0.190. The van der Waals surface area contributed by atoms with Gasteiger partial charge in [-0.05, 0) is 55.0 Å². The summed E-state index contributed by atoms with van der Waals surface area (Å²) in [7, 11) is 0. The summed E-state index contributed by atoms with van der Waals surface area (Å²) in [6, 6.07) is 11.2. The van der Waals surface area contributed by atoms with Crippen LogP contribution >= 0.6 is 23.4 Å². The van der Waals surface area contributed by atoms with E-state index in [2.05, 4.69) is 15.5 Å². The van der Waals surface area contributed by atoms with Crippen LogP contribution < -0.4 is 14.8 Å². The molecule has 0 aliphatic carbocycles. The molecule has 2 aromatic carbocycles. The molecular weight excluding hydrogens is 458 g/mol. The van der Waals surface area contributed by atoms with Crippen molar-refractivity contribution in [1.82, 2.24) is 5.32 Å². The van der Waals surface area contributed by atoms with Crippen LogP contribution in [0.5, 0.6) is 11.5 Å². The largest absolute Gasteiger partial charge is 0.490 e. The number of amidine groups is 1. The van der Waals surface area contributed by atoms with Crippen LogP contribution in [-0.4, -0.2) is 46.2 Å². The second-order valence-electron chi connectivity index (χ2n) is 6.38. The molecule has 3 rings (SSSR count). The zero-order valence-corrected chi connectivity index (χ0v) is 18.4. The molecular formula is C21H18ClN3O6S. The first-order chi connectivity index (χ1) is 15.4. The predicted octanol–water partition coefficient (Wildman–Crippen LogP) is 3.35. The highest BCUT2D eigenvalue weighted by Gasteiger charge is 2.32. The SMILES string of the molecule is CCOc1cc(/C=N/N=C2\NC(=O)C(CC(=O)O)S2)ccc1OC(=O)c1ccc(Cl)cc1. The molecule has 1 fully saturated rings. The number of carbonyl (C=O) groups is 3. The van der Waals surface area contributed by atoms with E-state index in [4.69, 9.17) is 26.2 Å². The number of esters is 1. The first kappa shape index (κ1) is 23.3. The van der Waals surface area contributed by atoms with Crippen molar-refractivity contribution in [3.05, 3.63) is 58.6 Å². The zero-order chi connectivity index (χ0) is 23.1. The molecule has 1 saturated heterocycles. The molecule has 32 heavy (non-hydrogen) atoms. The summed E-state index contributed by atoms with van der Waals surface area (Å²) in [4.78, 5) is 34.9. The Bertz CT molecular complexity index is 1090. The summed E-state index contributed by atoms with van der Waals surface area (Å²) in [5.41, 5.74) is 0.955. The standard InChI is InChI=1S/C21H18ClN3O6S/c1-2-30-16-9-12(11-23-25-21-24-19(28)17(32-21)10-18(26)27)3-8-15(16)31-20(29)13-4-6-14(22)7-5-13/h3-9,11,17H,2,10H2,1H3,(H,26,27)(H,24,25,28)/b23-11+. The van der Waals surface area contributed by atoms with Crippen molar-refractivity contribution >= 4 is 52.6 Å². The Balaban J connectivity index is 1.70. The number of nitrogens with one attached hydrogen (secondary N) is 1. The van der Waals surface area contributed by atoms with Gasteiger partial charge in [0.1, 0.15) is 5.25 Å². The summed E-state index contributed by atoms with van der Waals surface area (Å²) in [6.45, 7) is 2.15. The molecule has 2 N–H and O–H groups in total. The van der Waals surface area contributed by atoms with Gasteiger partial charge < -0.3 is 19.9 Å². The number of hydrogen-bond donors (Lipinski definition) is 2. The van der Waals surface area contributed by atoms with Crippen molar-refractivity contribution in [1.29, 1.82) is 0 Å². The van der Waals surface area contributed by atoms with Crippen molar-refractivity contribution in [2.75, 3.05) is 6.61 Å². The van der Waals surface area contributed by atoms with E-state index >= 15 is 0 Å². The Labute approximate surface area is 192 Å². The Hall–Kier alpha value is -3.37. The third-order valence-electron chi connectivity index (χ3n) is 4.04. The average Bonchev–Trinajstić information content (AvgIpc) is 3.09. The Morgan fingerprint density at radius 3 is 2.66 bits per heavy atom. The molecule has 1 atom stereocenters. The minimum absolute atomic E-state index is 0.219. The van der Waals surface area contributed by atoms with Crippen molar-refractivity contribution in [2.45, 2.75) is 18.6 Å². The van der Waals surface area contributed by atoms with Crippen LogP contribution in [0.1, 0.15) is 29.3 Å². The van der Waals surface area contributed by atoms with E-state index in [1.54, 1.807) is 49.4 Å². The van der Waals surface area contributed by atoms with Crippen LogP contribution in [0.15, 0.2) is 52.7 Å². The van der Waals surface area contributed by atoms with Crippen molar-refractivity contribution in [3.8, 4) is 11.5 Å². The second-order valence-corrected chi connectivity index (χ2v) is 8.01. The van der Waals surface area contributed by atoms with Gasteiger partial charge in [-0.15, -0.1) is 5.10 Å². The average molecular weight is 476 g/mol. The quantitative estimate of drug-likeness (QED) is 0.259. The van der Waals surface area contributed by atoms with Crippen molar-refractivity contribution < 1.29 is 29.0 Å². The number of halogens is 1. The molecule has 9 nitrogen and oxygen atoms in total. The van der Waals surface area contributed by atoms with Crippen LogP contribution in [0.25, 0.3) is 0 Å². The number of rotatable bonds is 8. The van der Waals surface area contributed by atoms with E-state index in [0.717, 1.165) is 11.8 Å². The fourth-order valence-electron chi connectivity index (χ4n) is 2.60. The van der Waals surface area contributed by atoms with Crippen LogP contribution in [0.3, 0.4) is 0 Å². The van der Waals surface area contributed by atoms with Crippen LogP contribution in [0.2, 0.25) is 5.02 Å². The Kier molecular flexibility index (Phi) is 7.85. The number of carboxylic acids is 1. The molecule has 1 aliphatic heterocycles. The topological polar surface area (TPSA) is 127 Å². The molecule has 2 aromatic rings. The number of hydrogen-bond acceptors (Lipinski definition) is 8. The smallest absolute Gasteiger partial charge is 0.343 e. The lowest BCUT2D eigenvalue weighted by Gasteiger charge is -2.11. The van der Waals surface area contributed by atoms with Gasteiger partial charge in [-0.25, -0.2) is 4.79 Å². The van der Waals surface area contributed by atoms with Gasteiger partial charge in [0, 0.05) is 5.02 Å². The van der Waals surface area contributed by atoms with E-state index in [9.17, 15) is 14.4 Å². The maximum Gasteiger partial charge on any atom is 0.343 e. The molecule has 0 saturated carbocycles. The summed E-state index contributed by atoms with van der Waals surface area (Å²) < 4.78 is 11.0. The third-order valence-corrected chi connectivity index (χ3v) is 5.37. The van der Waals surface area contributed by atoms with Crippen LogP contribution in [-0.2, 0) is 9.59 Å². The lowest BCUT2D eigenvalue weighted by Crippen LogP contribution is -2.26. The summed E-state index contributed by atoms with van der Waals surface area (Å²) in [5, 5.41) is 19.1. The van der Waals surface area contributed by atoms with E-state index in [0.29, 0.717) is 28.5 Å². The van der Waals surface area contributed by atoms with E-state index in [1.165, 1.54) is 6.21 Å². The molecule has 0 radical (unpaired) electrons. The molecule has 11 heteroatoms. The molecule has 166 valence electrons. The number of thioether (sulfide) groups is 1. The summed E-state index contributed by atoms with van der Waals surface area (Å²) in [6.07, 6.45) is 1.13. The van der Waals surface area contributed by atoms with Gasteiger partial charge in [0.2, 0.25) is 5.91 Å². The number of amides is 1. The normalized spacial score (nSPS) is 16.9. The van der Waals surface area contributed by atoms with Gasteiger partial charge in [-0.2, -0.15) is 5.10 Å². The van der Waals surface area contributed by atoms with Crippen molar-refractivity contribution in [3.63, 3.8) is 0 Å². The number of carboxylic acid groups (broad SMARTS) is 1. The Morgan fingerprint density at radius 1 is 1.22 bits per heavy atom. The zero-order valence-electron chi connectivity index (χ0n) is 16.8. The highest BCUT2D eigenvalue weighted by Crippen LogP contribution is 2.29. The van der Waals surface area contributed by atoms with E-state index < -0.39 is 23.1 Å². The van der Waals surface area contributed by atoms with E-state index in [1.807, 2.05) is 0 Å². The molecule has 1 aliphatic rings. The van der Waals surface area contributed by atoms with Gasteiger partial charge in [0.15, 0.2) is 16.7 Å². The molecule has 0 aromatic heterocycles. The van der Waals surface area contributed by atoms with Crippen LogP contribution in [0.4, 0.5) is 0 Å². The number of ether oxygens (including phenoxy) is 2. The van der Waals surface area contributed by atoms with Gasteiger partial charge in [-0.1, -0.05) is 23.4 Å². The highest BCUT2D eigenvalue weighted by molar-refractivity contribution is 8.15. The number of aliphatic carboxylic acids is 1. The molecule has 0 bridgehead atoms. The number of benzene rings is 2. The van der Waals surface area contributed by atoms with Crippen LogP contribution in [0, 0.1) is 0 Å². The number of nitrogens with zero attached hydrogens (tertiary/aromatic N) is 2. The van der Waals surface area contributed by atoms with E-state index in [-0.39, 0.29) is 17.3 Å². The molecule has 0 spiro atoms. The minimum atomic E-state index is -1.07. The first-order valence-electron chi connectivity index (χ1n) is 9.40. The van der Waals surface area contributed by atoms with Gasteiger partial charge in [0.05, 0.1) is 24.8 Å². The minimum Gasteiger partial charge on any atom is -0.490 e. The third kappa shape index (κ3) is 6.32. The van der Waals surface area contributed by atoms with Crippen molar-refractivity contribution in [2.24, 2.45) is 10.2 Å².